The molecule has 0 radical (unpaired) electrons. The molecule has 0 aliphatic rings. The summed E-state index contributed by atoms with van der Waals surface area (Å²) in [6.07, 6.45) is 1.44. The number of carbonyl (C=O) groups is 1. The van der Waals surface area contributed by atoms with Crippen molar-refractivity contribution in [1.29, 1.82) is 0 Å². The van der Waals surface area contributed by atoms with E-state index in [1.54, 1.807) is 12.1 Å². The molecule has 3 nitrogen and oxygen atoms in total. The van der Waals surface area contributed by atoms with Crippen LogP contribution in [0.15, 0.2) is 22.8 Å². The average Bonchev–Trinajstić information content (AvgIpc) is 2.36. The van der Waals surface area contributed by atoms with Gasteiger partial charge in [-0.3, -0.25) is 4.79 Å². The van der Waals surface area contributed by atoms with Crippen molar-refractivity contribution in [2.75, 3.05) is 0 Å². The lowest BCUT2D eigenvalue weighted by atomic mass is 10.3. The van der Waals surface area contributed by atoms with Crippen LogP contribution in [0, 0.1) is 0 Å². The quantitative estimate of drug-likeness (QED) is 0.748. The lowest BCUT2D eigenvalue weighted by Crippen LogP contribution is -2.02. The fourth-order valence-electron chi connectivity index (χ4n) is 0.557. The van der Waals surface area contributed by atoms with Crippen molar-refractivity contribution in [2.24, 2.45) is 0 Å². The van der Waals surface area contributed by atoms with E-state index in [1.165, 1.54) is 6.26 Å². The highest BCUT2D eigenvalue weighted by Crippen LogP contribution is 2.22. The Balaban J connectivity index is 2.77. The van der Waals surface area contributed by atoms with Gasteiger partial charge in [0.25, 0.3) is 0 Å². The fourth-order valence-corrected chi connectivity index (χ4v) is 0.818. The first kappa shape index (κ1) is 7.34. The van der Waals surface area contributed by atoms with Gasteiger partial charge in [-0.05, 0) is 12.1 Å². The van der Waals surface area contributed by atoms with E-state index < -0.39 is 10.8 Å². The van der Waals surface area contributed by atoms with Crippen LogP contribution in [0.4, 0.5) is 0 Å². The number of carboxylic acids is 1. The van der Waals surface area contributed by atoms with Crippen LogP contribution < -0.4 is 0 Å². The summed E-state index contributed by atoms with van der Waals surface area (Å²) in [5.41, 5.74) is 0. The summed E-state index contributed by atoms with van der Waals surface area (Å²) in [6.45, 7) is 0. The normalized spacial score (nSPS) is 12.9. The SMILES string of the molecule is O=C(O)C(Br)c1ccco1. The van der Waals surface area contributed by atoms with E-state index in [-0.39, 0.29) is 0 Å². The van der Waals surface area contributed by atoms with Gasteiger partial charge in [-0.1, -0.05) is 15.9 Å². The molecule has 1 heterocycles. The lowest BCUT2D eigenvalue weighted by molar-refractivity contribution is -0.136. The van der Waals surface area contributed by atoms with Crippen LogP contribution >= 0.6 is 15.9 Å². The zero-order valence-electron chi connectivity index (χ0n) is 4.95. The Labute approximate surface area is 65.8 Å². The summed E-state index contributed by atoms with van der Waals surface area (Å²) in [6, 6.07) is 3.25. The Kier molecular flexibility index (Phi) is 2.11. The van der Waals surface area contributed by atoms with Gasteiger partial charge in [0.05, 0.1) is 6.26 Å². The summed E-state index contributed by atoms with van der Waals surface area (Å²) < 4.78 is 4.83. The Hall–Kier alpha value is -0.770. The number of carboxylic acid groups (broad SMARTS) is 1. The van der Waals surface area contributed by atoms with Gasteiger partial charge in [0, 0.05) is 0 Å². The molecule has 1 unspecified atom stereocenters. The largest absolute Gasteiger partial charge is 0.480 e. The van der Waals surface area contributed by atoms with Crippen LogP contribution in [-0.4, -0.2) is 11.1 Å². The van der Waals surface area contributed by atoms with E-state index in [1.807, 2.05) is 0 Å². The molecule has 10 heavy (non-hydrogen) atoms. The average molecular weight is 205 g/mol. The van der Waals surface area contributed by atoms with Gasteiger partial charge in [-0.25, -0.2) is 0 Å². The number of hydrogen-bond donors (Lipinski definition) is 1. The van der Waals surface area contributed by atoms with Crippen LogP contribution in [0.1, 0.15) is 10.6 Å². The molecule has 1 rings (SSSR count). The van der Waals surface area contributed by atoms with Gasteiger partial charge < -0.3 is 9.52 Å². The molecule has 0 fully saturated rings. The molecule has 1 aromatic rings. The van der Waals surface area contributed by atoms with Crippen molar-refractivity contribution in [2.45, 2.75) is 4.83 Å². The van der Waals surface area contributed by atoms with E-state index >= 15 is 0 Å². The molecule has 0 bridgehead atoms. The Bertz CT molecular complexity index is 217. The van der Waals surface area contributed by atoms with Gasteiger partial charge in [-0.2, -0.15) is 0 Å². The van der Waals surface area contributed by atoms with E-state index in [0.29, 0.717) is 5.76 Å². The minimum absolute atomic E-state index is 0.410. The van der Waals surface area contributed by atoms with Crippen LogP contribution in [0.3, 0.4) is 0 Å². The second-order valence-electron chi connectivity index (χ2n) is 1.72. The predicted octanol–water partition coefficient (Wildman–Crippen LogP) is 1.80. The first-order valence-electron chi connectivity index (χ1n) is 2.62. The predicted molar refractivity (Wildman–Crippen MR) is 38.0 cm³/mol. The third-order valence-electron chi connectivity index (χ3n) is 1.01. The van der Waals surface area contributed by atoms with Crippen molar-refractivity contribution in [1.82, 2.24) is 0 Å². The van der Waals surface area contributed by atoms with Gasteiger partial charge >= 0.3 is 5.97 Å². The summed E-state index contributed by atoms with van der Waals surface area (Å²) in [4.78, 5) is 9.56. The monoisotopic (exact) mass is 204 g/mol. The van der Waals surface area contributed by atoms with Crippen molar-refractivity contribution in [3.63, 3.8) is 0 Å². The zero-order valence-corrected chi connectivity index (χ0v) is 6.54. The summed E-state index contributed by atoms with van der Waals surface area (Å²) in [5.74, 6) is -0.539. The van der Waals surface area contributed by atoms with E-state index in [2.05, 4.69) is 15.9 Å². The molecule has 0 aliphatic carbocycles. The molecule has 0 aromatic carbocycles. The van der Waals surface area contributed by atoms with Gasteiger partial charge in [-0.15, -0.1) is 0 Å². The maximum absolute atomic E-state index is 10.3. The Morgan fingerprint density at radius 3 is 2.90 bits per heavy atom. The molecule has 0 saturated carbocycles. The molecular weight excluding hydrogens is 200 g/mol. The molecule has 4 heteroatoms. The smallest absolute Gasteiger partial charge is 0.325 e. The van der Waals surface area contributed by atoms with Crippen molar-refractivity contribution in [3.8, 4) is 0 Å². The molecule has 0 amide bonds. The topological polar surface area (TPSA) is 50.4 Å². The number of halogens is 1. The van der Waals surface area contributed by atoms with Crippen LogP contribution in [-0.2, 0) is 4.79 Å². The second-order valence-corrected chi connectivity index (χ2v) is 2.63. The zero-order chi connectivity index (χ0) is 7.56. The van der Waals surface area contributed by atoms with E-state index in [4.69, 9.17) is 9.52 Å². The molecule has 1 atom stereocenters. The first-order chi connectivity index (χ1) is 4.72. The minimum Gasteiger partial charge on any atom is -0.480 e. The van der Waals surface area contributed by atoms with Crippen molar-refractivity contribution >= 4 is 21.9 Å². The maximum Gasteiger partial charge on any atom is 0.325 e. The Morgan fingerprint density at radius 2 is 2.50 bits per heavy atom. The standard InChI is InChI=1S/C6H5BrO3/c7-5(6(8)9)4-2-1-3-10-4/h1-3,5H,(H,8,9). The van der Waals surface area contributed by atoms with E-state index in [9.17, 15) is 4.79 Å². The number of hydrogen-bond acceptors (Lipinski definition) is 2. The second kappa shape index (κ2) is 2.88. The fraction of sp³-hybridized carbons (Fsp3) is 0.167. The summed E-state index contributed by atoms with van der Waals surface area (Å²) in [5, 5.41) is 8.45. The Morgan fingerprint density at radius 1 is 1.80 bits per heavy atom. The molecule has 54 valence electrons. The highest BCUT2D eigenvalue weighted by atomic mass is 79.9. The number of furan rings is 1. The first-order valence-corrected chi connectivity index (χ1v) is 3.53. The lowest BCUT2D eigenvalue weighted by Gasteiger charge is -1.96. The number of alkyl halides is 1. The third-order valence-corrected chi connectivity index (χ3v) is 1.85. The number of rotatable bonds is 2. The van der Waals surface area contributed by atoms with Gasteiger partial charge in [0.15, 0.2) is 4.83 Å². The van der Waals surface area contributed by atoms with Crippen LogP contribution in [0.2, 0.25) is 0 Å². The summed E-state index contributed by atoms with van der Waals surface area (Å²) in [7, 11) is 0. The van der Waals surface area contributed by atoms with Crippen molar-refractivity contribution < 1.29 is 14.3 Å². The van der Waals surface area contributed by atoms with Crippen LogP contribution in [0.25, 0.3) is 0 Å². The van der Waals surface area contributed by atoms with E-state index in [0.717, 1.165) is 0 Å². The molecule has 0 aliphatic heterocycles. The highest BCUT2D eigenvalue weighted by molar-refractivity contribution is 9.09. The van der Waals surface area contributed by atoms with Gasteiger partial charge in [0.1, 0.15) is 5.76 Å². The van der Waals surface area contributed by atoms with Crippen molar-refractivity contribution in [3.05, 3.63) is 24.2 Å². The maximum atomic E-state index is 10.3. The molecule has 0 spiro atoms. The summed E-state index contributed by atoms with van der Waals surface area (Å²) >= 11 is 2.94. The highest BCUT2D eigenvalue weighted by Gasteiger charge is 2.17. The van der Waals surface area contributed by atoms with Gasteiger partial charge in [0.2, 0.25) is 0 Å². The number of aliphatic carboxylic acids is 1. The molecule has 1 N–H and O–H groups in total. The molecule has 1 aromatic heterocycles. The molecule has 0 saturated heterocycles. The third kappa shape index (κ3) is 1.39. The minimum atomic E-state index is -0.949. The van der Waals surface area contributed by atoms with Crippen LogP contribution in [0.5, 0.6) is 0 Å². The molecular formula is C6H5BrO3.